The fourth-order valence-electron chi connectivity index (χ4n) is 3.50. The second-order valence-electron chi connectivity index (χ2n) is 7.17. The van der Waals surface area contributed by atoms with Crippen molar-refractivity contribution in [1.29, 1.82) is 5.26 Å². The Bertz CT molecular complexity index is 1070. The fraction of sp³-hybridized carbons (Fsp3) is 0.350. The third-order valence-electron chi connectivity index (χ3n) is 5.04. The number of anilines is 2. The summed E-state index contributed by atoms with van der Waals surface area (Å²) in [5, 5.41) is 8.53. The number of hydrogen-bond donors (Lipinski definition) is 0. The maximum Gasteiger partial charge on any atom is 0.416 e. The van der Waals surface area contributed by atoms with Crippen molar-refractivity contribution >= 4 is 29.0 Å². The Kier molecular flexibility index (Phi) is 6.09. The number of aryl methyl sites for hydroxylation is 1. The van der Waals surface area contributed by atoms with Crippen LogP contribution < -0.4 is 9.80 Å². The summed E-state index contributed by atoms with van der Waals surface area (Å²) in [6.45, 7) is 1.36. The molecule has 2 unspecified atom stereocenters. The van der Waals surface area contributed by atoms with E-state index in [2.05, 4.69) is 4.98 Å². The van der Waals surface area contributed by atoms with Gasteiger partial charge in [0.25, 0.3) is 0 Å². The molecule has 1 aliphatic heterocycles. The molecular weight excluding hydrogens is 443 g/mol. The molecule has 1 fully saturated rings. The third-order valence-corrected chi connectivity index (χ3v) is 5.38. The number of carbonyl (C=O) groups excluding carboxylic acids is 1. The predicted molar refractivity (Wildman–Crippen MR) is 104 cm³/mol. The van der Waals surface area contributed by atoms with Crippen molar-refractivity contribution in [3.05, 3.63) is 52.2 Å². The zero-order valence-corrected chi connectivity index (χ0v) is 17.1. The number of alkyl halides is 3. The Labute approximate surface area is 179 Å². The molecule has 0 spiro atoms. The van der Waals surface area contributed by atoms with E-state index in [1.165, 1.54) is 18.9 Å². The number of carbonyl (C=O) groups is 1. The molecule has 0 saturated carbocycles. The van der Waals surface area contributed by atoms with E-state index in [0.29, 0.717) is 0 Å². The Hall–Kier alpha value is -2.93. The van der Waals surface area contributed by atoms with Crippen LogP contribution in [0.15, 0.2) is 24.3 Å². The van der Waals surface area contributed by atoms with Crippen molar-refractivity contribution in [1.82, 2.24) is 4.98 Å². The summed E-state index contributed by atoms with van der Waals surface area (Å²) >= 11 is 5.58. The molecule has 1 amide bonds. The van der Waals surface area contributed by atoms with Crippen LogP contribution in [0.5, 0.6) is 0 Å². The fourth-order valence-corrected chi connectivity index (χ4v) is 3.66. The number of rotatable bonds is 3. The van der Waals surface area contributed by atoms with Gasteiger partial charge in [0.15, 0.2) is 5.82 Å². The summed E-state index contributed by atoms with van der Waals surface area (Å²) < 4.78 is 67.6. The first-order valence-electron chi connectivity index (χ1n) is 9.07. The number of nitriles is 1. The molecule has 31 heavy (non-hydrogen) atoms. The average molecular weight is 459 g/mol. The van der Waals surface area contributed by atoms with Crippen molar-refractivity contribution in [2.45, 2.75) is 25.6 Å². The summed E-state index contributed by atoms with van der Waals surface area (Å²) in [7, 11) is 1.23. The summed E-state index contributed by atoms with van der Waals surface area (Å²) in [5.74, 6) is -3.61. The quantitative estimate of drug-likeness (QED) is 0.493. The maximum atomic E-state index is 14.4. The average Bonchev–Trinajstić information content (AvgIpc) is 3.14. The molecule has 11 heteroatoms. The van der Waals surface area contributed by atoms with E-state index in [4.69, 9.17) is 11.6 Å². The summed E-state index contributed by atoms with van der Waals surface area (Å²) in [6.07, 6.45) is -4.62. The summed E-state index contributed by atoms with van der Waals surface area (Å²) in [6, 6.07) is 4.54. The lowest BCUT2D eigenvalue weighted by Crippen LogP contribution is -2.45. The van der Waals surface area contributed by atoms with Crippen molar-refractivity contribution in [3.63, 3.8) is 0 Å². The number of amides is 1. The van der Waals surface area contributed by atoms with Gasteiger partial charge in [-0.25, -0.2) is 13.8 Å². The molecule has 2 aromatic rings. The molecule has 164 valence electrons. The number of aromatic nitrogens is 1. The first kappa shape index (κ1) is 22.7. The molecule has 3 rings (SSSR count). The maximum absolute atomic E-state index is 14.4. The van der Waals surface area contributed by atoms with Crippen LogP contribution >= 0.6 is 11.6 Å². The van der Waals surface area contributed by atoms with Gasteiger partial charge in [-0.05, 0) is 37.6 Å². The first-order chi connectivity index (χ1) is 14.4. The smallest absolute Gasteiger partial charge is 0.343 e. The normalized spacial score (nSPS) is 18.7. The highest BCUT2D eigenvalue weighted by Crippen LogP contribution is 2.36. The van der Waals surface area contributed by atoms with Crippen LogP contribution in [0.3, 0.4) is 0 Å². The van der Waals surface area contributed by atoms with E-state index >= 15 is 0 Å². The predicted octanol–water partition coefficient (Wildman–Crippen LogP) is 4.72. The standard InChI is InChI=1S/C20H16ClF5N4O/c1-10-5-12(20(24,25)26)7-16(28-10)30-9-11(8-27)6-15(30)19(31)29(2)14-4-3-13(22)17(21)18(14)23/h3-5,7,11,15H,6,9H2,1-2H3. The van der Waals surface area contributed by atoms with E-state index in [1.807, 2.05) is 6.07 Å². The lowest BCUT2D eigenvalue weighted by atomic mass is 10.1. The first-order valence-corrected chi connectivity index (χ1v) is 9.45. The van der Waals surface area contributed by atoms with Gasteiger partial charge >= 0.3 is 6.18 Å². The Morgan fingerprint density at radius 1 is 1.32 bits per heavy atom. The lowest BCUT2D eigenvalue weighted by Gasteiger charge is -2.29. The second kappa shape index (κ2) is 8.30. The molecule has 0 aliphatic carbocycles. The number of likely N-dealkylation sites (N-methyl/N-ethyl adjacent to an activating group) is 1. The van der Waals surface area contributed by atoms with Gasteiger partial charge in [-0.15, -0.1) is 0 Å². The minimum Gasteiger partial charge on any atom is -0.343 e. The Balaban J connectivity index is 2.00. The van der Waals surface area contributed by atoms with Gasteiger partial charge in [0.2, 0.25) is 5.91 Å². The molecule has 2 heterocycles. The monoisotopic (exact) mass is 458 g/mol. The minimum atomic E-state index is -4.62. The van der Waals surface area contributed by atoms with Gasteiger partial charge in [0.1, 0.15) is 22.7 Å². The molecule has 1 aromatic heterocycles. The zero-order chi connectivity index (χ0) is 23.1. The molecule has 5 nitrogen and oxygen atoms in total. The van der Waals surface area contributed by atoms with Crippen LogP contribution in [0.2, 0.25) is 5.02 Å². The Morgan fingerprint density at radius 3 is 2.61 bits per heavy atom. The molecular formula is C20H16ClF5N4O. The highest BCUT2D eigenvalue weighted by Gasteiger charge is 2.41. The molecule has 2 atom stereocenters. The van der Waals surface area contributed by atoms with E-state index in [1.54, 1.807) is 0 Å². The van der Waals surface area contributed by atoms with Crippen LogP contribution in [0.1, 0.15) is 17.7 Å². The molecule has 0 N–H and O–H groups in total. The lowest BCUT2D eigenvalue weighted by molar-refractivity contribution is -0.137. The number of benzene rings is 1. The van der Waals surface area contributed by atoms with Crippen LogP contribution in [0.25, 0.3) is 0 Å². The van der Waals surface area contributed by atoms with E-state index in [0.717, 1.165) is 29.2 Å². The molecule has 1 saturated heterocycles. The number of pyridine rings is 1. The topological polar surface area (TPSA) is 60.2 Å². The Morgan fingerprint density at radius 2 is 2.00 bits per heavy atom. The van der Waals surface area contributed by atoms with Crippen molar-refractivity contribution in [2.24, 2.45) is 5.92 Å². The number of hydrogen-bond acceptors (Lipinski definition) is 4. The zero-order valence-electron chi connectivity index (χ0n) is 16.3. The third kappa shape index (κ3) is 4.42. The van der Waals surface area contributed by atoms with Gasteiger partial charge < -0.3 is 9.80 Å². The van der Waals surface area contributed by atoms with E-state index in [-0.39, 0.29) is 30.2 Å². The number of halogens is 6. The second-order valence-corrected chi connectivity index (χ2v) is 7.55. The van der Waals surface area contributed by atoms with Crippen molar-refractivity contribution in [2.75, 3.05) is 23.4 Å². The van der Waals surface area contributed by atoms with Crippen LogP contribution in [-0.2, 0) is 11.0 Å². The minimum absolute atomic E-state index is 0.00714. The highest BCUT2D eigenvalue weighted by atomic mass is 35.5. The molecule has 1 aliphatic rings. The molecule has 0 bridgehead atoms. The van der Waals surface area contributed by atoms with E-state index in [9.17, 15) is 32.0 Å². The SMILES string of the molecule is Cc1cc(C(F)(F)F)cc(N2CC(C#N)CC2C(=O)N(C)c2ccc(F)c(Cl)c2F)n1. The van der Waals surface area contributed by atoms with Crippen molar-refractivity contribution in [3.8, 4) is 6.07 Å². The summed E-state index contributed by atoms with van der Waals surface area (Å²) in [5.41, 5.74) is -1.16. The van der Waals surface area contributed by atoms with Gasteiger partial charge in [-0.2, -0.15) is 18.4 Å². The van der Waals surface area contributed by atoms with Gasteiger partial charge in [-0.3, -0.25) is 4.79 Å². The molecule has 0 radical (unpaired) electrons. The number of nitrogens with zero attached hydrogens (tertiary/aromatic N) is 4. The van der Waals surface area contributed by atoms with E-state index < -0.39 is 46.3 Å². The molecule has 1 aromatic carbocycles. The van der Waals surface area contributed by atoms with Crippen LogP contribution in [0, 0.1) is 35.8 Å². The largest absolute Gasteiger partial charge is 0.416 e. The van der Waals surface area contributed by atoms with Crippen LogP contribution in [-0.4, -0.2) is 30.5 Å². The van der Waals surface area contributed by atoms with Gasteiger partial charge in [0, 0.05) is 19.3 Å². The van der Waals surface area contributed by atoms with Gasteiger partial charge in [0.05, 0.1) is 23.2 Å². The van der Waals surface area contributed by atoms with Gasteiger partial charge in [-0.1, -0.05) is 11.6 Å². The summed E-state index contributed by atoms with van der Waals surface area (Å²) in [4.78, 5) is 19.4. The van der Waals surface area contributed by atoms with Crippen LogP contribution in [0.4, 0.5) is 33.5 Å². The van der Waals surface area contributed by atoms with Crippen molar-refractivity contribution < 1.29 is 26.7 Å². The highest BCUT2D eigenvalue weighted by molar-refractivity contribution is 6.31.